The van der Waals surface area contributed by atoms with Gasteiger partial charge in [0.1, 0.15) is 12.1 Å². The quantitative estimate of drug-likeness (QED) is 0.333. The summed E-state index contributed by atoms with van der Waals surface area (Å²) < 4.78 is 16.1. The van der Waals surface area contributed by atoms with Crippen LogP contribution >= 0.6 is 0 Å². The smallest absolute Gasteiger partial charge is 0.414 e. The Labute approximate surface area is 240 Å². The number of aryl methyl sites for hydroxylation is 2. The van der Waals surface area contributed by atoms with E-state index < -0.39 is 23.7 Å². The van der Waals surface area contributed by atoms with Crippen molar-refractivity contribution in [1.29, 1.82) is 0 Å². The maximum atomic E-state index is 13.5. The molecule has 41 heavy (non-hydrogen) atoms. The molecule has 1 atom stereocenters. The summed E-state index contributed by atoms with van der Waals surface area (Å²) in [5.41, 5.74) is 1.78. The monoisotopic (exact) mass is 569 g/mol. The summed E-state index contributed by atoms with van der Waals surface area (Å²) in [5, 5.41) is 2.52. The van der Waals surface area contributed by atoms with Gasteiger partial charge in [-0.25, -0.2) is 9.78 Å². The highest BCUT2D eigenvalue weighted by atomic mass is 16.6. The number of fused-ring (bicyclic) bond motifs is 1. The van der Waals surface area contributed by atoms with E-state index >= 15 is 0 Å². The fourth-order valence-electron chi connectivity index (χ4n) is 4.26. The Hall–Kier alpha value is -4.22. The zero-order valence-electron chi connectivity index (χ0n) is 24.8. The van der Waals surface area contributed by atoms with Gasteiger partial charge in [-0.2, -0.15) is 4.98 Å². The lowest BCUT2D eigenvalue weighted by atomic mass is 10.0. The van der Waals surface area contributed by atoms with Crippen LogP contribution in [0.4, 0.5) is 16.4 Å². The van der Waals surface area contributed by atoms with Gasteiger partial charge in [-0.3, -0.25) is 19.7 Å². The molecule has 1 unspecified atom stereocenters. The third kappa shape index (κ3) is 8.89. The molecule has 3 rings (SSSR count). The number of benzene rings is 1. The van der Waals surface area contributed by atoms with Crippen LogP contribution in [0, 0.1) is 6.92 Å². The molecule has 0 fully saturated rings. The number of carbonyl (C=O) groups excluding carboxylic acids is 4. The molecule has 1 aromatic heterocycles. The second-order valence-electron chi connectivity index (χ2n) is 10.8. The number of rotatable bonds is 10. The number of hydrogen-bond donors (Lipinski definition) is 1. The highest BCUT2D eigenvalue weighted by Crippen LogP contribution is 2.28. The maximum absolute atomic E-state index is 13.5. The number of aromatic nitrogens is 2. The van der Waals surface area contributed by atoms with E-state index in [0.717, 1.165) is 5.56 Å². The highest BCUT2D eigenvalue weighted by molar-refractivity contribution is 6.09. The van der Waals surface area contributed by atoms with Gasteiger partial charge in [-0.1, -0.05) is 6.07 Å². The van der Waals surface area contributed by atoms with Gasteiger partial charge in [0.05, 0.1) is 30.9 Å². The number of nitrogens with one attached hydrogen (secondary N) is 1. The van der Waals surface area contributed by atoms with Crippen molar-refractivity contribution in [2.45, 2.75) is 72.4 Å². The molecule has 12 heteroatoms. The minimum absolute atomic E-state index is 0.000458. The average molecular weight is 570 g/mol. The van der Waals surface area contributed by atoms with Crippen molar-refractivity contribution < 1.29 is 33.4 Å². The summed E-state index contributed by atoms with van der Waals surface area (Å²) in [6.07, 6.45) is 0.556. The molecule has 1 N–H and O–H groups in total. The van der Waals surface area contributed by atoms with E-state index in [4.69, 9.17) is 14.2 Å². The number of carbonyl (C=O) groups is 4. The van der Waals surface area contributed by atoms with Crippen molar-refractivity contribution in [3.8, 4) is 5.88 Å². The number of hydrogen-bond acceptors (Lipinski definition) is 9. The highest BCUT2D eigenvalue weighted by Gasteiger charge is 2.33. The normalized spacial score (nSPS) is 14.2. The summed E-state index contributed by atoms with van der Waals surface area (Å²) in [4.78, 5) is 61.7. The molecule has 1 aliphatic rings. The first-order valence-electron chi connectivity index (χ1n) is 13.6. The van der Waals surface area contributed by atoms with Crippen molar-refractivity contribution >= 4 is 35.5 Å². The lowest BCUT2D eigenvalue weighted by Gasteiger charge is -2.26. The molecular formula is C29H39N5O7. The van der Waals surface area contributed by atoms with Gasteiger partial charge in [0, 0.05) is 24.8 Å². The van der Waals surface area contributed by atoms with E-state index in [9.17, 15) is 19.2 Å². The second-order valence-corrected chi connectivity index (χ2v) is 10.8. The molecule has 0 saturated heterocycles. The molecule has 0 bridgehead atoms. The van der Waals surface area contributed by atoms with Gasteiger partial charge in [-0.05, 0) is 72.1 Å². The molecule has 222 valence electrons. The first-order chi connectivity index (χ1) is 19.3. The predicted octanol–water partition coefficient (Wildman–Crippen LogP) is 3.90. The van der Waals surface area contributed by atoms with Crippen LogP contribution in [-0.4, -0.2) is 77.2 Å². The van der Waals surface area contributed by atoms with Gasteiger partial charge in [0.25, 0.3) is 5.91 Å². The van der Waals surface area contributed by atoms with Gasteiger partial charge < -0.3 is 24.0 Å². The molecule has 0 spiro atoms. The van der Waals surface area contributed by atoms with E-state index in [1.807, 2.05) is 6.07 Å². The molecule has 0 aliphatic carbocycles. The Morgan fingerprint density at radius 1 is 1.15 bits per heavy atom. The Bertz CT molecular complexity index is 1290. The van der Waals surface area contributed by atoms with Crippen LogP contribution in [0.15, 0.2) is 24.3 Å². The minimum Gasteiger partial charge on any atom is -0.478 e. The summed E-state index contributed by atoms with van der Waals surface area (Å²) in [6, 6.07) is 6.59. The standard InChI is InChI=1S/C29H39N5O7/c1-8-39-25(36)15-19(3)34-17-24(35)33(7)22-12-11-20(16-21(22)26(34)37)10-9-13-40-23-14-18(2)30-27(31-23)32-28(38)41-29(4,5)6/h11-12,14,16,19H,8-10,13,15,17H2,1-7H3,(H,30,31,32,38). The fraction of sp³-hybridized carbons (Fsp3) is 0.517. The van der Waals surface area contributed by atoms with Crippen molar-refractivity contribution in [3.05, 3.63) is 41.1 Å². The number of nitrogens with zero attached hydrogens (tertiary/aromatic N) is 4. The SMILES string of the molecule is CCOC(=O)CC(C)N1CC(=O)N(C)c2ccc(CCCOc3cc(C)nc(NC(=O)OC(C)(C)C)n3)cc2C1=O. The fourth-order valence-corrected chi connectivity index (χ4v) is 4.26. The Morgan fingerprint density at radius 2 is 1.88 bits per heavy atom. The van der Waals surface area contributed by atoms with E-state index in [0.29, 0.717) is 42.3 Å². The summed E-state index contributed by atoms with van der Waals surface area (Å²) in [6.45, 7) is 11.0. The van der Waals surface area contributed by atoms with Crippen LogP contribution < -0.4 is 15.0 Å². The van der Waals surface area contributed by atoms with Crippen LogP contribution in [0.25, 0.3) is 0 Å². The van der Waals surface area contributed by atoms with Crippen molar-refractivity contribution in [3.63, 3.8) is 0 Å². The van der Waals surface area contributed by atoms with Crippen LogP contribution in [-0.2, 0) is 25.5 Å². The largest absolute Gasteiger partial charge is 0.478 e. The molecule has 2 aromatic rings. The Morgan fingerprint density at radius 3 is 2.56 bits per heavy atom. The maximum Gasteiger partial charge on any atom is 0.414 e. The molecule has 1 aromatic carbocycles. The van der Waals surface area contributed by atoms with Crippen LogP contribution in [0.3, 0.4) is 0 Å². The number of ether oxygens (including phenoxy) is 3. The topological polar surface area (TPSA) is 140 Å². The number of anilines is 2. The lowest BCUT2D eigenvalue weighted by molar-refractivity contribution is -0.144. The van der Waals surface area contributed by atoms with Crippen LogP contribution in [0.5, 0.6) is 5.88 Å². The second kappa shape index (κ2) is 13.4. The molecule has 2 heterocycles. The van der Waals surface area contributed by atoms with Crippen molar-refractivity contribution in [2.75, 3.05) is 37.0 Å². The zero-order valence-corrected chi connectivity index (χ0v) is 24.8. The first kappa shape index (κ1) is 31.3. The average Bonchev–Trinajstić information content (AvgIpc) is 2.95. The predicted molar refractivity (Wildman–Crippen MR) is 152 cm³/mol. The molecule has 3 amide bonds. The van der Waals surface area contributed by atoms with Gasteiger partial charge in [0.2, 0.25) is 17.7 Å². The van der Waals surface area contributed by atoms with Gasteiger partial charge in [0.15, 0.2) is 0 Å². The van der Waals surface area contributed by atoms with E-state index in [-0.39, 0.29) is 37.3 Å². The lowest BCUT2D eigenvalue weighted by Crippen LogP contribution is -2.44. The van der Waals surface area contributed by atoms with E-state index in [1.165, 1.54) is 9.80 Å². The third-order valence-corrected chi connectivity index (χ3v) is 6.20. The Kier molecular flexibility index (Phi) is 10.3. The van der Waals surface area contributed by atoms with E-state index in [1.54, 1.807) is 66.8 Å². The van der Waals surface area contributed by atoms with Gasteiger partial charge >= 0.3 is 12.1 Å². The number of esters is 1. The molecule has 12 nitrogen and oxygen atoms in total. The zero-order chi connectivity index (χ0) is 30.3. The molecule has 1 aliphatic heterocycles. The van der Waals surface area contributed by atoms with Crippen LogP contribution in [0.1, 0.15) is 69.1 Å². The molecule has 0 radical (unpaired) electrons. The summed E-state index contributed by atoms with van der Waals surface area (Å²) >= 11 is 0. The number of likely N-dealkylation sites (N-methyl/N-ethyl adjacent to an activating group) is 1. The summed E-state index contributed by atoms with van der Waals surface area (Å²) in [7, 11) is 1.64. The van der Waals surface area contributed by atoms with Crippen molar-refractivity contribution in [2.24, 2.45) is 0 Å². The molecule has 0 saturated carbocycles. The van der Waals surface area contributed by atoms with Crippen LogP contribution in [0.2, 0.25) is 0 Å². The van der Waals surface area contributed by atoms with Crippen molar-refractivity contribution in [1.82, 2.24) is 14.9 Å². The third-order valence-electron chi connectivity index (χ3n) is 6.20. The van der Waals surface area contributed by atoms with Gasteiger partial charge in [-0.15, -0.1) is 0 Å². The minimum atomic E-state index is -0.659. The first-order valence-corrected chi connectivity index (χ1v) is 13.6. The Balaban J connectivity index is 1.65. The number of amides is 3. The summed E-state index contributed by atoms with van der Waals surface area (Å²) in [5.74, 6) is -0.576. The van der Waals surface area contributed by atoms with E-state index in [2.05, 4.69) is 15.3 Å². The molecular weight excluding hydrogens is 530 g/mol.